The number of aliphatic hydroxyl groups excluding tert-OH is 2. The molecule has 0 aromatic heterocycles. The van der Waals surface area contributed by atoms with Crippen LogP contribution in [0.1, 0.15) is 76.7 Å². The van der Waals surface area contributed by atoms with E-state index in [9.17, 15) is 28.5 Å². The average molecular weight is 681 g/mol. The summed E-state index contributed by atoms with van der Waals surface area (Å²) in [5.41, 5.74) is 2.44. The van der Waals surface area contributed by atoms with Crippen LogP contribution in [0.3, 0.4) is 0 Å². The predicted molar refractivity (Wildman–Crippen MR) is 197 cm³/mol. The van der Waals surface area contributed by atoms with Crippen molar-refractivity contribution in [1.82, 2.24) is 0 Å². The summed E-state index contributed by atoms with van der Waals surface area (Å²) in [5, 5.41) is 32.8. The Labute approximate surface area is 289 Å². The lowest BCUT2D eigenvalue weighted by atomic mass is 9.79. The van der Waals surface area contributed by atoms with E-state index in [1.807, 2.05) is 65.6 Å². The zero-order valence-corrected chi connectivity index (χ0v) is 28.7. The van der Waals surface area contributed by atoms with Crippen LogP contribution in [0.2, 0.25) is 0 Å². The molecule has 49 heavy (non-hydrogen) atoms. The van der Waals surface area contributed by atoms with Gasteiger partial charge in [-0.2, -0.15) is 4.40 Å². The number of carbonyl (C=O) groups excluding carboxylic acids is 1. The van der Waals surface area contributed by atoms with Gasteiger partial charge in [0.15, 0.2) is 0 Å². The summed E-state index contributed by atoms with van der Waals surface area (Å²) in [4.78, 5) is 15.3. The van der Waals surface area contributed by atoms with E-state index in [4.69, 9.17) is 0 Å². The standard InChI is InChI=1S/C40H44N2O6S/c1-2-3-4-5-6-7-8-9-10-17-26-49(47,48)41-29-22-24-33(35(43)27-29)37-39(45)38(40(37)46)34-25-23-32(28-36(34)44)42(30-18-13-11-14-19-30)31-20-15-12-16-21-31/h11-16,18-25,27-28,43-45H,2-10,17,26H2,1H3/b37-33-,41-29+. The Balaban J connectivity index is 1.26. The molecule has 0 saturated heterocycles. The van der Waals surface area contributed by atoms with Gasteiger partial charge in [-0.3, -0.25) is 4.79 Å². The Morgan fingerprint density at radius 3 is 1.78 bits per heavy atom. The minimum absolute atomic E-state index is 0.0408. The number of nitrogens with zero attached hydrogens (tertiary/aromatic N) is 2. The van der Waals surface area contributed by atoms with Gasteiger partial charge in [0, 0.05) is 40.3 Å². The number of rotatable bonds is 16. The third-order valence-electron chi connectivity index (χ3n) is 8.72. The van der Waals surface area contributed by atoms with Crippen molar-refractivity contribution in [3.8, 4) is 5.75 Å². The fourth-order valence-electron chi connectivity index (χ4n) is 6.14. The highest BCUT2D eigenvalue weighted by Crippen LogP contribution is 2.45. The molecule has 0 fully saturated rings. The second-order valence-corrected chi connectivity index (χ2v) is 14.2. The van der Waals surface area contributed by atoms with E-state index in [1.165, 1.54) is 62.8 Å². The van der Waals surface area contributed by atoms with E-state index in [-0.39, 0.29) is 51.0 Å². The molecule has 0 heterocycles. The smallest absolute Gasteiger partial charge is 0.253 e. The summed E-state index contributed by atoms with van der Waals surface area (Å²) in [6.45, 7) is 2.20. The maximum atomic E-state index is 13.3. The molecule has 3 aromatic rings. The molecule has 0 aliphatic heterocycles. The number of carbonyl (C=O) groups is 1. The second-order valence-electron chi connectivity index (χ2n) is 12.4. The van der Waals surface area contributed by atoms with Crippen LogP contribution >= 0.6 is 0 Å². The lowest BCUT2D eigenvalue weighted by Crippen LogP contribution is -2.24. The molecule has 0 saturated carbocycles. The van der Waals surface area contributed by atoms with Crippen LogP contribution in [0.4, 0.5) is 17.1 Å². The molecule has 3 aromatic carbocycles. The number of hydrogen-bond donors (Lipinski definition) is 3. The average Bonchev–Trinajstić information content (AvgIpc) is 3.09. The number of phenols is 1. The first-order valence-electron chi connectivity index (χ1n) is 17.1. The Bertz CT molecular complexity index is 1870. The summed E-state index contributed by atoms with van der Waals surface area (Å²) in [6, 6.07) is 24.2. The lowest BCUT2D eigenvalue weighted by molar-refractivity contribution is -0.111. The van der Waals surface area contributed by atoms with E-state index in [0.717, 1.165) is 30.6 Å². The predicted octanol–water partition coefficient (Wildman–Crippen LogP) is 9.71. The van der Waals surface area contributed by atoms with Crippen molar-refractivity contribution in [2.45, 2.75) is 71.1 Å². The zero-order chi connectivity index (χ0) is 34.8. The molecule has 0 amide bonds. The first kappa shape index (κ1) is 35.4. The third kappa shape index (κ3) is 8.78. The van der Waals surface area contributed by atoms with Crippen molar-refractivity contribution in [3.05, 3.63) is 125 Å². The number of unbranched alkanes of at least 4 members (excludes halogenated alkanes) is 9. The van der Waals surface area contributed by atoms with E-state index in [0.29, 0.717) is 12.1 Å². The number of Topliss-reactive ketones (excluding diaryl/α,β-unsaturated/α-hetero) is 1. The molecule has 0 unspecified atom stereocenters. The number of aliphatic hydroxyl groups is 2. The van der Waals surface area contributed by atoms with Crippen LogP contribution in [0.25, 0.3) is 5.57 Å². The number of para-hydroxylation sites is 2. The van der Waals surface area contributed by atoms with Gasteiger partial charge in [0.05, 0.1) is 22.6 Å². The zero-order valence-electron chi connectivity index (χ0n) is 27.9. The topological polar surface area (TPSA) is 128 Å². The number of phenolic OH excluding ortho intramolecular Hbond substituents is 1. The summed E-state index contributed by atoms with van der Waals surface area (Å²) < 4.78 is 29.1. The van der Waals surface area contributed by atoms with Gasteiger partial charge in [0.1, 0.15) is 17.3 Å². The second kappa shape index (κ2) is 16.5. The first-order chi connectivity index (χ1) is 23.7. The van der Waals surface area contributed by atoms with Crippen LogP contribution in [-0.4, -0.2) is 41.0 Å². The summed E-state index contributed by atoms with van der Waals surface area (Å²) in [5.74, 6) is -1.59. The molecular formula is C40H44N2O6S. The SMILES string of the molecule is CCCCCCCCCCCCS(=O)(=O)/N=C1C=C/C(=C2/C(=O)C(c3ccc(N(c4ccccc4)c4ccccc4)cc3O)=C2O)C(O)=C\1. The molecule has 0 bridgehead atoms. The summed E-state index contributed by atoms with van der Waals surface area (Å²) >= 11 is 0. The number of sulfonamides is 1. The minimum Gasteiger partial charge on any atom is -0.507 e. The third-order valence-corrected chi connectivity index (χ3v) is 10.0. The molecule has 3 N–H and O–H groups in total. The Morgan fingerprint density at radius 2 is 1.24 bits per heavy atom. The number of benzene rings is 3. The van der Waals surface area contributed by atoms with Crippen LogP contribution < -0.4 is 4.90 Å². The molecule has 0 atom stereocenters. The Hall–Kier alpha value is -4.89. The largest absolute Gasteiger partial charge is 0.507 e. The van der Waals surface area contributed by atoms with E-state index >= 15 is 0 Å². The molecule has 9 heteroatoms. The van der Waals surface area contributed by atoms with E-state index in [2.05, 4.69) is 11.3 Å². The van der Waals surface area contributed by atoms with Gasteiger partial charge < -0.3 is 20.2 Å². The normalized spacial score (nSPS) is 17.0. The van der Waals surface area contributed by atoms with E-state index < -0.39 is 15.8 Å². The fourth-order valence-corrected chi connectivity index (χ4v) is 7.24. The van der Waals surface area contributed by atoms with Crippen LogP contribution in [0, 0.1) is 0 Å². The molecule has 256 valence electrons. The van der Waals surface area contributed by atoms with Gasteiger partial charge in [-0.15, -0.1) is 0 Å². The first-order valence-corrected chi connectivity index (χ1v) is 18.7. The van der Waals surface area contributed by atoms with Gasteiger partial charge in [0.25, 0.3) is 10.0 Å². The minimum atomic E-state index is -3.75. The van der Waals surface area contributed by atoms with Crippen LogP contribution in [-0.2, 0) is 14.8 Å². The molecule has 0 radical (unpaired) electrons. The molecule has 2 aliphatic rings. The monoisotopic (exact) mass is 680 g/mol. The number of hydrogen-bond acceptors (Lipinski definition) is 7. The molecular weight excluding hydrogens is 637 g/mol. The van der Waals surface area contributed by atoms with Crippen molar-refractivity contribution < 1.29 is 28.5 Å². The maximum absolute atomic E-state index is 13.3. The molecule has 5 rings (SSSR count). The highest BCUT2D eigenvalue weighted by molar-refractivity contribution is 7.90. The van der Waals surface area contributed by atoms with Crippen molar-refractivity contribution in [1.29, 1.82) is 0 Å². The number of allylic oxidation sites excluding steroid dienone is 5. The Kier molecular flexibility index (Phi) is 11.9. The van der Waals surface area contributed by atoms with E-state index in [1.54, 1.807) is 12.1 Å². The highest BCUT2D eigenvalue weighted by Gasteiger charge is 2.39. The number of anilines is 3. The quantitative estimate of drug-likeness (QED) is 0.102. The number of aromatic hydroxyl groups is 1. The van der Waals surface area contributed by atoms with Crippen molar-refractivity contribution in [3.63, 3.8) is 0 Å². The van der Waals surface area contributed by atoms with Gasteiger partial charge in [-0.05, 0) is 55.0 Å². The lowest BCUT2D eigenvalue weighted by Gasteiger charge is -2.27. The maximum Gasteiger partial charge on any atom is 0.253 e. The summed E-state index contributed by atoms with van der Waals surface area (Å²) in [6.07, 6.45) is 14.8. The van der Waals surface area contributed by atoms with Gasteiger partial charge in [-0.1, -0.05) is 101 Å². The molecule has 8 nitrogen and oxygen atoms in total. The highest BCUT2D eigenvalue weighted by atomic mass is 32.2. The molecule has 0 spiro atoms. The Morgan fingerprint density at radius 1 is 0.673 bits per heavy atom. The van der Waals surface area contributed by atoms with Gasteiger partial charge >= 0.3 is 0 Å². The fraction of sp³-hybridized carbons (Fsp3) is 0.300. The number of ketones is 1. The summed E-state index contributed by atoms with van der Waals surface area (Å²) in [7, 11) is -3.75. The van der Waals surface area contributed by atoms with Gasteiger partial charge in [-0.25, -0.2) is 8.42 Å². The van der Waals surface area contributed by atoms with Gasteiger partial charge in [0.2, 0.25) is 5.78 Å². The van der Waals surface area contributed by atoms with Crippen LogP contribution in [0.15, 0.2) is 124 Å². The molecule has 2 aliphatic carbocycles. The van der Waals surface area contributed by atoms with Crippen molar-refractivity contribution in [2.75, 3.05) is 10.7 Å². The van der Waals surface area contributed by atoms with Crippen molar-refractivity contribution >= 4 is 44.2 Å². The van der Waals surface area contributed by atoms with Crippen molar-refractivity contribution in [2.24, 2.45) is 4.40 Å². The van der Waals surface area contributed by atoms with Crippen LogP contribution in [0.5, 0.6) is 5.75 Å².